The summed E-state index contributed by atoms with van der Waals surface area (Å²) in [6, 6.07) is 14.7. The zero-order valence-electron chi connectivity index (χ0n) is 16.2. The Balaban J connectivity index is 1.25. The molecule has 2 heterocycles. The number of carbonyl (C=O) groups excluding carboxylic acids is 3. The molecule has 0 spiro atoms. The number of ether oxygens (including phenoxy) is 1. The van der Waals surface area contributed by atoms with Gasteiger partial charge in [-0.05, 0) is 30.4 Å². The second-order valence-electron chi connectivity index (χ2n) is 8.44. The van der Waals surface area contributed by atoms with Crippen LogP contribution in [0.1, 0.15) is 23.6 Å². The van der Waals surface area contributed by atoms with Gasteiger partial charge >= 0.3 is 0 Å². The van der Waals surface area contributed by atoms with Crippen molar-refractivity contribution < 1.29 is 19.1 Å². The lowest BCUT2D eigenvalue weighted by Gasteiger charge is -2.29. The molecule has 2 bridgehead atoms. The van der Waals surface area contributed by atoms with E-state index >= 15 is 0 Å². The number of nitrogens with one attached hydrogen (secondary N) is 1. The number of para-hydroxylation sites is 2. The number of amides is 3. The van der Waals surface area contributed by atoms with Crippen molar-refractivity contribution in [2.75, 3.05) is 6.54 Å². The number of nitrogens with zero attached hydrogens (tertiary/aromatic N) is 1. The zero-order valence-corrected chi connectivity index (χ0v) is 16.2. The highest BCUT2D eigenvalue weighted by molar-refractivity contribution is 6.08. The van der Waals surface area contributed by atoms with Gasteiger partial charge in [-0.15, -0.1) is 0 Å². The first-order valence-electron chi connectivity index (χ1n) is 10.3. The van der Waals surface area contributed by atoms with Crippen LogP contribution in [0.15, 0.2) is 60.7 Å². The SMILES string of the molecule is O=C(CN1C(=O)C2C3C=CC(C3)C2C1=O)NC1c2ccccc2Oc2ccccc21. The van der Waals surface area contributed by atoms with Crippen LogP contribution >= 0.6 is 0 Å². The van der Waals surface area contributed by atoms with E-state index in [0.29, 0.717) is 11.5 Å². The van der Waals surface area contributed by atoms with Crippen LogP contribution in [0, 0.1) is 23.7 Å². The fourth-order valence-electron chi connectivity index (χ4n) is 5.54. The number of likely N-dealkylation sites (tertiary alicyclic amines) is 1. The fourth-order valence-corrected chi connectivity index (χ4v) is 5.54. The quantitative estimate of drug-likeness (QED) is 0.635. The first-order chi connectivity index (χ1) is 14.6. The molecule has 4 atom stereocenters. The number of hydrogen-bond donors (Lipinski definition) is 1. The molecular formula is C24H20N2O4. The number of hydrogen-bond acceptors (Lipinski definition) is 4. The largest absolute Gasteiger partial charge is 0.457 e. The summed E-state index contributed by atoms with van der Waals surface area (Å²) in [7, 11) is 0. The summed E-state index contributed by atoms with van der Waals surface area (Å²) in [5.74, 6) is 0.314. The van der Waals surface area contributed by atoms with E-state index in [-0.39, 0.29) is 47.9 Å². The van der Waals surface area contributed by atoms with Gasteiger partial charge in [0.15, 0.2) is 0 Å². The van der Waals surface area contributed by atoms with Crippen molar-refractivity contribution >= 4 is 17.7 Å². The van der Waals surface area contributed by atoms with E-state index in [2.05, 4.69) is 17.5 Å². The Morgan fingerprint density at radius 2 is 1.43 bits per heavy atom. The molecule has 6 nitrogen and oxygen atoms in total. The highest BCUT2D eigenvalue weighted by atomic mass is 16.5. The fraction of sp³-hybridized carbons (Fsp3) is 0.292. The normalized spacial score (nSPS) is 28.2. The van der Waals surface area contributed by atoms with E-state index in [1.165, 1.54) is 0 Å². The van der Waals surface area contributed by atoms with Crippen molar-refractivity contribution in [3.8, 4) is 11.5 Å². The standard InChI is InChI=1S/C24H20N2O4/c27-19(12-26-23(28)20-13-9-10-14(11-13)21(20)24(26)29)25-22-15-5-1-3-7-17(15)30-18-8-4-2-6-16(18)22/h1-10,13-14,20-22H,11-12H2,(H,25,27). The third kappa shape index (κ3) is 2.39. The molecule has 30 heavy (non-hydrogen) atoms. The summed E-state index contributed by atoms with van der Waals surface area (Å²) in [5, 5.41) is 3.02. The molecular weight excluding hydrogens is 380 g/mol. The first-order valence-corrected chi connectivity index (χ1v) is 10.3. The van der Waals surface area contributed by atoms with Crippen molar-refractivity contribution in [2.45, 2.75) is 12.5 Å². The van der Waals surface area contributed by atoms with Crippen LogP contribution in [0.3, 0.4) is 0 Å². The molecule has 3 amide bonds. The van der Waals surface area contributed by atoms with Gasteiger partial charge in [-0.25, -0.2) is 0 Å². The smallest absolute Gasteiger partial charge is 0.240 e. The van der Waals surface area contributed by atoms with Crippen LogP contribution < -0.4 is 10.1 Å². The Morgan fingerprint density at radius 3 is 2.00 bits per heavy atom. The van der Waals surface area contributed by atoms with Crippen molar-refractivity contribution in [1.29, 1.82) is 0 Å². The molecule has 6 heteroatoms. The maximum atomic E-state index is 13.0. The van der Waals surface area contributed by atoms with Gasteiger partial charge < -0.3 is 10.1 Å². The number of allylic oxidation sites excluding steroid dienone is 2. The Hall–Kier alpha value is -3.41. The summed E-state index contributed by atoms with van der Waals surface area (Å²) in [6.45, 7) is -0.244. The molecule has 6 rings (SSSR count). The van der Waals surface area contributed by atoms with E-state index in [1.54, 1.807) is 0 Å². The van der Waals surface area contributed by atoms with Crippen molar-refractivity contribution in [3.05, 3.63) is 71.8 Å². The summed E-state index contributed by atoms with van der Waals surface area (Å²) in [5.41, 5.74) is 1.70. The van der Waals surface area contributed by atoms with Crippen molar-refractivity contribution in [2.24, 2.45) is 23.7 Å². The van der Waals surface area contributed by atoms with Crippen LogP contribution in [-0.2, 0) is 14.4 Å². The topological polar surface area (TPSA) is 75.7 Å². The lowest BCUT2D eigenvalue weighted by molar-refractivity contribution is -0.144. The van der Waals surface area contributed by atoms with Gasteiger partial charge in [-0.3, -0.25) is 19.3 Å². The predicted molar refractivity (Wildman–Crippen MR) is 107 cm³/mol. The number of benzene rings is 2. The molecule has 4 aliphatic rings. The van der Waals surface area contributed by atoms with E-state index in [0.717, 1.165) is 22.4 Å². The third-order valence-electron chi connectivity index (χ3n) is 6.85. The van der Waals surface area contributed by atoms with Crippen LogP contribution in [0.2, 0.25) is 0 Å². The molecule has 4 unspecified atom stereocenters. The van der Waals surface area contributed by atoms with Gasteiger partial charge in [0.25, 0.3) is 0 Å². The van der Waals surface area contributed by atoms with E-state index in [9.17, 15) is 14.4 Å². The molecule has 2 aliphatic heterocycles. The summed E-state index contributed by atoms with van der Waals surface area (Å²) < 4.78 is 5.96. The minimum atomic E-state index is -0.399. The van der Waals surface area contributed by atoms with Gasteiger partial charge in [0.1, 0.15) is 18.0 Å². The number of rotatable bonds is 3. The molecule has 150 valence electrons. The summed E-state index contributed by atoms with van der Waals surface area (Å²) >= 11 is 0. The van der Waals surface area contributed by atoms with E-state index < -0.39 is 6.04 Å². The van der Waals surface area contributed by atoms with Crippen LogP contribution in [0.25, 0.3) is 0 Å². The highest BCUT2D eigenvalue weighted by Crippen LogP contribution is 2.52. The minimum absolute atomic E-state index is 0.138. The molecule has 1 saturated heterocycles. The number of carbonyl (C=O) groups is 3. The molecule has 1 saturated carbocycles. The second-order valence-corrected chi connectivity index (χ2v) is 8.44. The molecule has 0 radical (unpaired) electrons. The maximum absolute atomic E-state index is 13.0. The molecule has 0 aromatic heterocycles. The minimum Gasteiger partial charge on any atom is -0.457 e. The summed E-state index contributed by atoms with van der Waals surface area (Å²) in [6.07, 6.45) is 4.98. The Labute approximate surface area is 173 Å². The number of imide groups is 1. The van der Waals surface area contributed by atoms with Gasteiger partial charge in [0, 0.05) is 11.1 Å². The predicted octanol–water partition coefficient (Wildman–Crippen LogP) is 2.81. The lowest BCUT2D eigenvalue weighted by atomic mass is 9.85. The Bertz CT molecular complexity index is 1050. The van der Waals surface area contributed by atoms with E-state index in [4.69, 9.17) is 4.74 Å². The van der Waals surface area contributed by atoms with Crippen LogP contribution in [0.5, 0.6) is 11.5 Å². The highest BCUT2D eigenvalue weighted by Gasteiger charge is 2.59. The Kier molecular flexibility index (Phi) is 3.66. The van der Waals surface area contributed by atoms with Crippen molar-refractivity contribution in [3.63, 3.8) is 0 Å². The van der Waals surface area contributed by atoms with E-state index in [1.807, 2.05) is 48.5 Å². The lowest BCUT2D eigenvalue weighted by Crippen LogP contribution is -2.43. The van der Waals surface area contributed by atoms with Gasteiger partial charge in [0.05, 0.1) is 17.9 Å². The van der Waals surface area contributed by atoms with Gasteiger partial charge in [0.2, 0.25) is 17.7 Å². The summed E-state index contributed by atoms with van der Waals surface area (Å²) in [4.78, 5) is 39.9. The molecule has 2 aliphatic carbocycles. The molecule has 1 N–H and O–H groups in total. The average Bonchev–Trinajstić information content (AvgIpc) is 3.44. The molecule has 2 aromatic carbocycles. The second kappa shape index (κ2) is 6.29. The van der Waals surface area contributed by atoms with Gasteiger partial charge in [-0.2, -0.15) is 0 Å². The molecule has 2 aromatic rings. The monoisotopic (exact) mass is 400 g/mol. The zero-order chi connectivity index (χ0) is 20.4. The number of fused-ring (bicyclic) bond motifs is 7. The van der Waals surface area contributed by atoms with Crippen LogP contribution in [0.4, 0.5) is 0 Å². The maximum Gasteiger partial charge on any atom is 0.240 e. The third-order valence-corrected chi connectivity index (χ3v) is 6.85. The van der Waals surface area contributed by atoms with Crippen molar-refractivity contribution in [1.82, 2.24) is 10.2 Å². The van der Waals surface area contributed by atoms with Gasteiger partial charge in [-0.1, -0.05) is 48.6 Å². The Morgan fingerprint density at radius 1 is 0.900 bits per heavy atom. The molecule has 2 fully saturated rings. The first kappa shape index (κ1) is 17.4. The average molecular weight is 400 g/mol. The van der Waals surface area contributed by atoms with Crippen LogP contribution in [-0.4, -0.2) is 29.2 Å².